The monoisotopic (exact) mass is 465 g/mol. The van der Waals surface area contributed by atoms with Crippen molar-refractivity contribution in [3.63, 3.8) is 0 Å². The van der Waals surface area contributed by atoms with Crippen molar-refractivity contribution in [2.24, 2.45) is 0 Å². The number of thiophene rings is 1. The first-order valence-corrected chi connectivity index (χ1v) is 11.6. The average molecular weight is 466 g/mol. The highest BCUT2D eigenvalue weighted by molar-refractivity contribution is 7.18. The van der Waals surface area contributed by atoms with Gasteiger partial charge in [0, 0.05) is 15.6 Å². The molecule has 0 aliphatic heterocycles. The molecule has 1 aliphatic carbocycles. The van der Waals surface area contributed by atoms with Crippen molar-refractivity contribution in [3.8, 4) is 5.69 Å². The fraction of sp³-hybridized carbons (Fsp3) is 0.208. The van der Waals surface area contributed by atoms with Gasteiger partial charge in [0.25, 0.3) is 5.56 Å². The summed E-state index contributed by atoms with van der Waals surface area (Å²) in [6, 6.07) is 15.7. The van der Waals surface area contributed by atoms with Crippen LogP contribution in [0.2, 0.25) is 5.02 Å². The number of aryl methyl sites for hydroxylation is 2. The molecule has 2 heterocycles. The topological polar surface area (TPSA) is 73.1 Å². The third-order valence-corrected chi connectivity index (χ3v) is 7.21. The molecule has 0 radical (unpaired) electrons. The summed E-state index contributed by atoms with van der Waals surface area (Å²) in [5, 5.41) is 3.86. The largest absolute Gasteiger partial charge is 0.337 e. The van der Waals surface area contributed by atoms with Crippen molar-refractivity contribution in [2.75, 3.05) is 5.32 Å². The van der Waals surface area contributed by atoms with Crippen LogP contribution in [0.15, 0.2) is 64.2 Å². The van der Waals surface area contributed by atoms with E-state index >= 15 is 0 Å². The van der Waals surface area contributed by atoms with Crippen molar-refractivity contribution in [1.82, 2.24) is 9.13 Å². The zero-order chi connectivity index (χ0) is 22.2. The maximum absolute atomic E-state index is 13.5. The number of fused-ring (bicyclic) bond motifs is 3. The van der Waals surface area contributed by atoms with E-state index in [4.69, 9.17) is 11.6 Å². The molecule has 5 rings (SSSR count). The van der Waals surface area contributed by atoms with E-state index in [9.17, 15) is 14.4 Å². The molecule has 162 valence electrons. The van der Waals surface area contributed by atoms with E-state index in [-0.39, 0.29) is 18.0 Å². The number of aromatic nitrogens is 2. The van der Waals surface area contributed by atoms with Crippen LogP contribution in [-0.2, 0) is 24.2 Å². The van der Waals surface area contributed by atoms with Crippen LogP contribution in [-0.4, -0.2) is 15.0 Å². The van der Waals surface area contributed by atoms with Gasteiger partial charge in [-0.05, 0) is 61.6 Å². The second kappa shape index (κ2) is 8.41. The number of hydrogen-bond acceptors (Lipinski definition) is 4. The second-order valence-electron chi connectivity index (χ2n) is 7.79. The van der Waals surface area contributed by atoms with E-state index in [1.165, 1.54) is 20.5 Å². The lowest BCUT2D eigenvalue weighted by molar-refractivity contribution is -0.116. The number of benzene rings is 2. The highest BCUT2D eigenvalue weighted by Crippen LogP contribution is 2.34. The number of carbonyl (C=O) groups excluding carboxylic acids is 1. The highest BCUT2D eigenvalue weighted by atomic mass is 35.5. The van der Waals surface area contributed by atoms with Crippen LogP contribution >= 0.6 is 22.9 Å². The zero-order valence-corrected chi connectivity index (χ0v) is 18.7. The minimum Gasteiger partial charge on any atom is -0.324 e. The Balaban J connectivity index is 1.67. The summed E-state index contributed by atoms with van der Waals surface area (Å²) >= 11 is 7.47. The first kappa shape index (κ1) is 20.7. The van der Waals surface area contributed by atoms with E-state index in [1.807, 2.05) is 6.07 Å². The molecule has 2 aromatic heterocycles. The van der Waals surface area contributed by atoms with Gasteiger partial charge in [-0.2, -0.15) is 0 Å². The first-order valence-electron chi connectivity index (χ1n) is 10.4. The van der Waals surface area contributed by atoms with Gasteiger partial charge in [-0.25, -0.2) is 9.36 Å². The average Bonchev–Trinajstić information content (AvgIpc) is 3.17. The summed E-state index contributed by atoms with van der Waals surface area (Å²) in [6.45, 7) is -0.200. The van der Waals surface area contributed by atoms with Crippen molar-refractivity contribution >= 4 is 44.7 Å². The molecule has 4 aromatic rings. The van der Waals surface area contributed by atoms with Gasteiger partial charge in [0.1, 0.15) is 11.4 Å². The molecular weight excluding hydrogens is 446 g/mol. The van der Waals surface area contributed by atoms with Gasteiger partial charge in [-0.15, -0.1) is 11.3 Å². The molecule has 1 aliphatic rings. The Morgan fingerprint density at radius 3 is 2.59 bits per heavy atom. The summed E-state index contributed by atoms with van der Waals surface area (Å²) in [6.07, 6.45) is 3.78. The van der Waals surface area contributed by atoms with Crippen LogP contribution < -0.4 is 16.6 Å². The third-order valence-electron chi connectivity index (χ3n) is 5.66. The standard InChI is InChI=1S/C24H20ClN3O3S/c25-15-7-6-8-16(13-15)26-20(29)14-27-23-21(18-11-4-5-12-19(18)32-23)22(30)28(24(27)31)17-9-2-1-3-10-17/h1-3,6-10,13H,4-5,11-12,14H2,(H,26,29). The Morgan fingerprint density at radius 1 is 1.03 bits per heavy atom. The van der Waals surface area contributed by atoms with Crippen LogP contribution in [0, 0.1) is 0 Å². The first-order chi connectivity index (χ1) is 15.5. The smallest absolute Gasteiger partial charge is 0.324 e. The third kappa shape index (κ3) is 3.67. The number of halogens is 1. The van der Waals surface area contributed by atoms with Crippen molar-refractivity contribution in [2.45, 2.75) is 32.2 Å². The molecule has 0 fully saturated rings. The lowest BCUT2D eigenvalue weighted by Crippen LogP contribution is -2.40. The molecule has 2 aromatic carbocycles. The highest BCUT2D eigenvalue weighted by Gasteiger charge is 2.25. The Morgan fingerprint density at radius 2 is 1.81 bits per heavy atom. The summed E-state index contributed by atoms with van der Waals surface area (Å²) in [5.41, 5.74) is 1.23. The molecule has 1 amide bonds. The Bertz CT molecular complexity index is 1450. The lowest BCUT2D eigenvalue weighted by atomic mass is 9.97. The number of carbonyl (C=O) groups is 1. The van der Waals surface area contributed by atoms with Gasteiger partial charge in [-0.3, -0.25) is 14.2 Å². The van der Waals surface area contributed by atoms with Gasteiger partial charge in [0.15, 0.2) is 0 Å². The Kier molecular flexibility index (Phi) is 5.45. The van der Waals surface area contributed by atoms with Crippen molar-refractivity contribution in [1.29, 1.82) is 0 Å². The Labute approximate surface area is 192 Å². The number of rotatable bonds is 4. The normalized spacial score (nSPS) is 13.2. The van der Waals surface area contributed by atoms with Crippen LogP contribution in [0.5, 0.6) is 0 Å². The lowest BCUT2D eigenvalue weighted by Gasteiger charge is -2.13. The number of anilines is 1. The minimum atomic E-state index is -0.520. The van der Waals surface area contributed by atoms with Gasteiger partial charge in [0.05, 0.1) is 11.1 Å². The molecule has 1 N–H and O–H groups in total. The number of nitrogens with one attached hydrogen (secondary N) is 1. The predicted molar refractivity (Wildman–Crippen MR) is 128 cm³/mol. The molecule has 0 bridgehead atoms. The van der Waals surface area contributed by atoms with Gasteiger partial charge < -0.3 is 5.32 Å². The van der Waals surface area contributed by atoms with E-state index in [0.29, 0.717) is 26.6 Å². The van der Waals surface area contributed by atoms with Gasteiger partial charge in [-0.1, -0.05) is 35.9 Å². The quantitative estimate of drug-likeness (QED) is 0.486. The predicted octanol–water partition coefficient (Wildman–Crippen LogP) is 4.38. The fourth-order valence-corrected chi connectivity index (χ4v) is 5.79. The van der Waals surface area contributed by atoms with Crippen LogP contribution in [0.1, 0.15) is 23.3 Å². The van der Waals surface area contributed by atoms with E-state index < -0.39 is 5.69 Å². The molecular formula is C24H20ClN3O3S. The molecule has 0 atom stereocenters. The molecule has 0 spiro atoms. The Hall–Kier alpha value is -3.16. The number of amides is 1. The molecule has 0 saturated carbocycles. The maximum atomic E-state index is 13.5. The number of para-hydroxylation sites is 1. The second-order valence-corrected chi connectivity index (χ2v) is 9.31. The summed E-state index contributed by atoms with van der Waals surface area (Å²) in [5.74, 6) is -0.361. The van der Waals surface area contributed by atoms with E-state index in [2.05, 4.69) is 5.32 Å². The van der Waals surface area contributed by atoms with Crippen LogP contribution in [0.3, 0.4) is 0 Å². The number of nitrogens with zero attached hydrogens (tertiary/aromatic N) is 2. The zero-order valence-electron chi connectivity index (χ0n) is 17.1. The van der Waals surface area contributed by atoms with Crippen molar-refractivity contribution in [3.05, 3.63) is 90.9 Å². The molecule has 8 heteroatoms. The molecule has 6 nitrogen and oxygen atoms in total. The summed E-state index contributed by atoms with van der Waals surface area (Å²) < 4.78 is 2.60. The molecule has 0 saturated heterocycles. The summed E-state index contributed by atoms with van der Waals surface area (Å²) in [7, 11) is 0. The SMILES string of the molecule is O=C(Cn1c(=O)n(-c2ccccc2)c(=O)c2c3c(sc21)CCCC3)Nc1cccc(Cl)c1. The summed E-state index contributed by atoms with van der Waals surface area (Å²) in [4.78, 5) is 41.6. The van der Waals surface area contributed by atoms with Crippen LogP contribution in [0.25, 0.3) is 15.9 Å². The fourth-order valence-electron chi connectivity index (χ4n) is 4.22. The van der Waals surface area contributed by atoms with Crippen LogP contribution in [0.4, 0.5) is 5.69 Å². The number of hydrogen-bond donors (Lipinski definition) is 1. The minimum absolute atomic E-state index is 0.200. The maximum Gasteiger partial charge on any atom is 0.337 e. The van der Waals surface area contributed by atoms with Gasteiger partial charge >= 0.3 is 5.69 Å². The van der Waals surface area contributed by atoms with Gasteiger partial charge in [0.2, 0.25) is 5.91 Å². The molecule has 32 heavy (non-hydrogen) atoms. The molecule has 0 unspecified atom stereocenters. The van der Waals surface area contributed by atoms with E-state index in [0.717, 1.165) is 36.1 Å². The van der Waals surface area contributed by atoms with E-state index in [1.54, 1.807) is 48.5 Å². The van der Waals surface area contributed by atoms with Crippen molar-refractivity contribution < 1.29 is 4.79 Å².